The molecule has 0 aromatic rings. The van der Waals surface area contributed by atoms with Crippen molar-refractivity contribution in [1.29, 1.82) is 0 Å². The molecular formula is C7H13NO3. The molecule has 1 fully saturated rings. The quantitative estimate of drug-likeness (QED) is 0.468. The van der Waals surface area contributed by atoms with E-state index in [2.05, 4.69) is 0 Å². The van der Waals surface area contributed by atoms with Crippen LogP contribution in [0.15, 0.2) is 0 Å². The van der Waals surface area contributed by atoms with E-state index < -0.39 is 12.0 Å². The number of rotatable bonds is 2. The van der Waals surface area contributed by atoms with Crippen LogP contribution in [0.2, 0.25) is 0 Å². The molecule has 1 saturated heterocycles. The normalized spacial score (nSPS) is 23.0. The van der Waals surface area contributed by atoms with Crippen molar-refractivity contribution in [3.8, 4) is 0 Å². The van der Waals surface area contributed by atoms with Gasteiger partial charge in [0.25, 0.3) is 0 Å². The van der Waals surface area contributed by atoms with Gasteiger partial charge in [0.05, 0.1) is 19.2 Å². The van der Waals surface area contributed by atoms with Gasteiger partial charge in [-0.2, -0.15) is 0 Å². The lowest BCUT2D eigenvalue weighted by Crippen LogP contribution is -3.18. The molecule has 11 heavy (non-hydrogen) atoms. The minimum Gasteiger partial charge on any atom is -0.544 e. The molecule has 0 aliphatic carbocycles. The standard InChI is InChI=1S/C7H13NO3/c1-6(7(9)10)8-2-4-11-5-3-8/h6H,2-5H2,1H3,(H,9,10)/t6-/m0/s1. The van der Waals surface area contributed by atoms with Gasteiger partial charge in [0.2, 0.25) is 0 Å². The topological polar surface area (TPSA) is 53.8 Å². The van der Waals surface area contributed by atoms with E-state index >= 15 is 0 Å². The van der Waals surface area contributed by atoms with Crippen LogP contribution in [-0.2, 0) is 9.53 Å². The number of carboxylic acids is 1. The zero-order valence-electron chi connectivity index (χ0n) is 6.63. The third-order valence-electron chi connectivity index (χ3n) is 2.10. The highest BCUT2D eigenvalue weighted by molar-refractivity contribution is 5.68. The van der Waals surface area contributed by atoms with E-state index in [1.165, 1.54) is 0 Å². The second-order valence-electron chi connectivity index (χ2n) is 2.81. The Balaban J connectivity index is 2.38. The van der Waals surface area contributed by atoms with Crippen LogP contribution in [0.25, 0.3) is 0 Å². The Labute approximate surface area is 65.8 Å². The molecule has 0 bridgehead atoms. The molecule has 64 valence electrons. The van der Waals surface area contributed by atoms with Gasteiger partial charge in [-0.05, 0) is 6.92 Å². The minimum absolute atomic E-state index is 0.404. The molecule has 1 rings (SSSR count). The summed E-state index contributed by atoms with van der Waals surface area (Å²) in [5, 5.41) is 10.4. The van der Waals surface area contributed by atoms with Gasteiger partial charge in [0.15, 0.2) is 0 Å². The lowest BCUT2D eigenvalue weighted by molar-refractivity contribution is -0.924. The molecule has 4 heteroatoms. The van der Waals surface area contributed by atoms with E-state index in [1.807, 2.05) is 0 Å². The van der Waals surface area contributed by atoms with Crippen LogP contribution in [-0.4, -0.2) is 38.3 Å². The Kier molecular flexibility index (Phi) is 2.84. The summed E-state index contributed by atoms with van der Waals surface area (Å²) in [5.41, 5.74) is 0. The predicted molar refractivity (Wildman–Crippen MR) is 36.0 cm³/mol. The first kappa shape index (κ1) is 8.49. The largest absolute Gasteiger partial charge is 0.544 e. The van der Waals surface area contributed by atoms with Gasteiger partial charge in [0, 0.05) is 0 Å². The molecule has 0 spiro atoms. The molecular weight excluding hydrogens is 146 g/mol. The Morgan fingerprint density at radius 3 is 2.55 bits per heavy atom. The fraction of sp³-hybridized carbons (Fsp3) is 0.857. The van der Waals surface area contributed by atoms with Crippen molar-refractivity contribution in [3.63, 3.8) is 0 Å². The van der Waals surface area contributed by atoms with Crippen LogP contribution in [0, 0.1) is 0 Å². The molecule has 1 aliphatic rings. The number of nitrogens with one attached hydrogen (secondary N) is 1. The lowest BCUT2D eigenvalue weighted by Gasteiger charge is -2.29. The van der Waals surface area contributed by atoms with E-state index in [4.69, 9.17) is 4.74 Å². The molecule has 4 nitrogen and oxygen atoms in total. The minimum atomic E-state index is -0.970. The van der Waals surface area contributed by atoms with Crippen LogP contribution >= 0.6 is 0 Å². The monoisotopic (exact) mass is 159 g/mol. The Bertz CT molecular complexity index is 143. The van der Waals surface area contributed by atoms with Crippen molar-refractivity contribution < 1.29 is 19.5 Å². The molecule has 1 atom stereocenters. The van der Waals surface area contributed by atoms with Gasteiger partial charge < -0.3 is 19.5 Å². The second-order valence-corrected chi connectivity index (χ2v) is 2.81. The van der Waals surface area contributed by atoms with E-state index in [0.29, 0.717) is 13.2 Å². The van der Waals surface area contributed by atoms with E-state index in [0.717, 1.165) is 18.0 Å². The van der Waals surface area contributed by atoms with Crippen molar-refractivity contribution >= 4 is 5.97 Å². The molecule has 0 radical (unpaired) electrons. The number of aliphatic carboxylic acids is 1. The molecule has 0 unspecified atom stereocenters. The van der Waals surface area contributed by atoms with Crippen molar-refractivity contribution in [2.24, 2.45) is 0 Å². The molecule has 0 amide bonds. The van der Waals surface area contributed by atoms with Crippen LogP contribution in [0.1, 0.15) is 6.92 Å². The number of quaternary nitrogens is 1. The van der Waals surface area contributed by atoms with Gasteiger partial charge >= 0.3 is 0 Å². The molecule has 0 aromatic heterocycles. The fourth-order valence-corrected chi connectivity index (χ4v) is 1.23. The average molecular weight is 159 g/mol. The molecule has 0 saturated carbocycles. The van der Waals surface area contributed by atoms with E-state index in [-0.39, 0.29) is 0 Å². The maximum atomic E-state index is 10.4. The zero-order valence-corrected chi connectivity index (χ0v) is 6.63. The molecule has 1 aliphatic heterocycles. The van der Waals surface area contributed by atoms with Crippen LogP contribution in [0.4, 0.5) is 0 Å². The summed E-state index contributed by atoms with van der Waals surface area (Å²) >= 11 is 0. The second kappa shape index (κ2) is 3.69. The molecule has 0 aromatic carbocycles. The van der Waals surface area contributed by atoms with Crippen molar-refractivity contribution in [1.82, 2.24) is 0 Å². The maximum Gasteiger partial charge on any atom is 0.125 e. The number of hydrogen-bond acceptors (Lipinski definition) is 3. The van der Waals surface area contributed by atoms with Gasteiger partial charge in [0.1, 0.15) is 19.1 Å². The van der Waals surface area contributed by atoms with Crippen molar-refractivity contribution in [3.05, 3.63) is 0 Å². The van der Waals surface area contributed by atoms with E-state index in [9.17, 15) is 9.90 Å². The van der Waals surface area contributed by atoms with Crippen molar-refractivity contribution in [2.75, 3.05) is 26.3 Å². The first-order chi connectivity index (χ1) is 5.22. The summed E-state index contributed by atoms with van der Waals surface area (Å²) in [6, 6.07) is -0.404. The van der Waals surface area contributed by atoms with E-state index in [1.54, 1.807) is 6.92 Å². The van der Waals surface area contributed by atoms with Gasteiger partial charge in [-0.15, -0.1) is 0 Å². The Hall–Kier alpha value is -0.610. The van der Waals surface area contributed by atoms with Gasteiger partial charge in [-0.25, -0.2) is 0 Å². The first-order valence-electron chi connectivity index (χ1n) is 3.85. The highest BCUT2D eigenvalue weighted by atomic mass is 16.5. The van der Waals surface area contributed by atoms with Gasteiger partial charge in [-0.3, -0.25) is 0 Å². The maximum absolute atomic E-state index is 10.4. The number of ether oxygens (including phenoxy) is 1. The fourth-order valence-electron chi connectivity index (χ4n) is 1.23. The summed E-state index contributed by atoms with van der Waals surface area (Å²) in [5.74, 6) is -0.970. The smallest absolute Gasteiger partial charge is 0.125 e. The summed E-state index contributed by atoms with van der Waals surface area (Å²) in [6.45, 7) is 4.54. The number of carbonyl (C=O) groups is 1. The predicted octanol–water partition coefficient (Wildman–Crippen LogP) is -2.96. The van der Waals surface area contributed by atoms with Crippen LogP contribution in [0.5, 0.6) is 0 Å². The Morgan fingerprint density at radius 1 is 1.55 bits per heavy atom. The lowest BCUT2D eigenvalue weighted by atomic mass is 10.2. The Morgan fingerprint density at radius 2 is 2.09 bits per heavy atom. The third-order valence-corrected chi connectivity index (χ3v) is 2.10. The number of morpholine rings is 1. The van der Waals surface area contributed by atoms with Crippen molar-refractivity contribution in [2.45, 2.75) is 13.0 Å². The number of carboxylic acid groups (broad SMARTS) is 1. The summed E-state index contributed by atoms with van der Waals surface area (Å²) in [4.78, 5) is 11.5. The number of hydrogen-bond donors (Lipinski definition) is 1. The highest BCUT2D eigenvalue weighted by Gasteiger charge is 2.20. The van der Waals surface area contributed by atoms with Gasteiger partial charge in [-0.1, -0.05) is 0 Å². The van der Waals surface area contributed by atoms with Crippen LogP contribution < -0.4 is 10.0 Å². The summed E-state index contributed by atoms with van der Waals surface area (Å²) in [6.07, 6.45) is 0. The summed E-state index contributed by atoms with van der Waals surface area (Å²) < 4.78 is 5.10. The first-order valence-corrected chi connectivity index (χ1v) is 3.85. The highest BCUT2D eigenvalue weighted by Crippen LogP contribution is 1.79. The zero-order chi connectivity index (χ0) is 8.27. The van der Waals surface area contributed by atoms with Crippen LogP contribution in [0.3, 0.4) is 0 Å². The molecule has 1 N–H and O–H groups in total. The third kappa shape index (κ3) is 2.17. The summed E-state index contributed by atoms with van der Waals surface area (Å²) in [7, 11) is 0. The average Bonchev–Trinajstić information content (AvgIpc) is 2.05. The SMILES string of the molecule is C[C@@H](C(=O)[O-])[NH+]1CCOCC1. The number of carbonyl (C=O) groups excluding carboxylic acids is 1. The molecule has 1 heterocycles.